The van der Waals surface area contributed by atoms with Crippen molar-refractivity contribution in [2.45, 2.75) is 13.8 Å². The summed E-state index contributed by atoms with van der Waals surface area (Å²) in [5, 5.41) is 4.01. The highest BCUT2D eigenvalue weighted by Gasteiger charge is 2.12. The van der Waals surface area contributed by atoms with E-state index in [0.717, 1.165) is 10.0 Å². The van der Waals surface area contributed by atoms with Crippen molar-refractivity contribution in [2.75, 3.05) is 27.4 Å². The van der Waals surface area contributed by atoms with Crippen molar-refractivity contribution < 1.29 is 23.7 Å². The van der Waals surface area contributed by atoms with E-state index in [2.05, 4.69) is 26.5 Å². The summed E-state index contributed by atoms with van der Waals surface area (Å²) in [5.41, 5.74) is 3.63. The highest BCUT2D eigenvalue weighted by Crippen LogP contribution is 2.36. The SMILES string of the molecule is CCOc1ccc(C(=O)N/N=C/c2cc(Br)c(OCC)c(OC)c2)cc1OC. The van der Waals surface area contributed by atoms with E-state index in [4.69, 9.17) is 18.9 Å². The molecule has 0 fully saturated rings. The molecule has 2 aromatic rings. The lowest BCUT2D eigenvalue weighted by Crippen LogP contribution is -2.17. The topological polar surface area (TPSA) is 78.4 Å². The minimum Gasteiger partial charge on any atom is -0.493 e. The Morgan fingerprint density at radius 1 is 1.04 bits per heavy atom. The van der Waals surface area contributed by atoms with E-state index in [1.54, 1.807) is 31.4 Å². The summed E-state index contributed by atoms with van der Waals surface area (Å²) in [5.74, 6) is 1.89. The summed E-state index contributed by atoms with van der Waals surface area (Å²) in [4.78, 5) is 12.3. The van der Waals surface area contributed by atoms with Crippen LogP contribution in [0, 0.1) is 0 Å². The number of methoxy groups -OCH3 is 2. The van der Waals surface area contributed by atoms with Gasteiger partial charge < -0.3 is 18.9 Å². The van der Waals surface area contributed by atoms with Gasteiger partial charge in [0.15, 0.2) is 23.0 Å². The van der Waals surface area contributed by atoms with Crippen LogP contribution in [0.2, 0.25) is 0 Å². The molecule has 0 aliphatic rings. The minimum atomic E-state index is -0.366. The highest BCUT2D eigenvalue weighted by molar-refractivity contribution is 9.10. The molecule has 8 heteroatoms. The van der Waals surface area contributed by atoms with Gasteiger partial charge in [-0.1, -0.05) is 0 Å². The van der Waals surface area contributed by atoms with Crippen LogP contribution >= 0.6 is 15.9 Å². The molecule has 0 saturated heterocycles. The lowest BCUT2D eigenvalue weighted by Gasteiger charge is -2.12. The zero-order chi connectivity index (χ0) is 20.5. The van der Waals surface area contributed by atoms with Crippen molar-refractivity contribution in [1.29, 1.82) is 0 Å². The monoisotopic (exact) mass is 450 g/mol. The van der Waals surface area contributed by atoms with Crippen LogP contribution < -0.4 is 24.4 Å². The van der Waals surface area contributed by atoms with Crippen molar-refractivity contribution in [1.82, 2.24) is 5.43 Å². The van der Waals surface area contributed by atoms with Crippen molar-refractivity contribution in [3.05, 3.63) is 45.9 Å². The zero-order valence-electron chi connectivity index (χ0n) is 16.2. The molecule has 2 rings (SSSR count). The molecule has 0 aliphatic heterocycles. The van der Waals surface area contributed by atoms with Crippen LogP contribution in [-0.4, -0.2) is 39.6 Å². The van der Waals surface area contributed by atoms with Gasteiger partial charge in [0.1, 0.15) is 0 Å². The smallest absolute Gasteiger partial charge is 0.271 e. The maximum Gasteiger partial charge on any atom is 0.271 e. The number of halogens is 1. The fraction of sp³-hybridized carbons (Fsp3) is 0.300. The van der Waals surface area contributed by atoms with Crippen LogP contribution in [0.25, 0.3) is 0 Å². The number of amides is 1. The number of rotatable bonds is 9. The second kappa shape index (κ2) is 10.6. The Balaban J connectivity index is 2.12. The molecular formula is C20H23BrN2O5. The summed E-state index contributed by atoms with van der Waals surface area (Å²) in [6, 6.07) is 8.53. The van der Waals surface area contributed by atoms with Gasteiger partial charge in [-0.3, -0.25) is 4.79 Å². The molecule has 1 amide bonds. The molecule has 2 aromatic carbocycles. The van der Waals surface area contributed by atoms with Gasteiger partial charge >= 0.3 is 0 Å². The molecule has 0 atom stereocenters. The average Bonchev–Trinajstić information content (AvgIpc) is 2.70. The number of hydrazone groups is 1. The Kier molecular flexibility index (Phi) is 8.13. The first-order chi connectivity index (χ1) is 13.5. The van der Waals surface area contributed by atoms with Crippen molar-refractivity contribution in [3.63, 3.8) is 0 Å². The second-order valence-corrected chi connectivity index (χ2v) is 6.32. The number of hydrogen-bond acceptors (Lipinski definition) is 6. The van der Waals surface area contributed by atoms with Crippen molar-refractivity contribution in [3.8, 4) is 23.0 Å². The van der Waals surface area contributed by atoms with E-state index in [1.165, 1.54) is 13.3 Å². The number of nitrogens with zero attached hydrogens (tertiary/aromatic N) is 1. The van der Waals surface area contributed by atoms with E-state index >= 15 is 0 Å². The van der Waals surface area contributed by atoms with Gasteiger partial charge in [-0.25, -0.2) is 5.43 Å². The first-order valence-corrected chi connectivity index (χ1v) is 9.47. The molecule has 0 spiro atoms. The van der Waals surface area contributed by atoms with Crippen LogP contribution in [0.4, 0.5) is 0 Å². The normalized spacial score (nSPS) is 10.6. The van der Waals surface area contributed by atoms with E-state index in [1.807, 2.05) is 19.9 Å². The highest BCUT2D eigenvalue weighted by atomic mass is 79.9. The molecule has 1 N–H and O–H groups in total. The predicted molar refractivity (Wildman–Crippen MR) is 111 cm³/mol. The van der Waals surface area contributed by atoms with Crippen molar-refractivity contribution >= 4 is 28.1 Å². The summed E-state index contributed by atoms with van der Waals surface area (Å²) >= 11 is 3.45. The quantitative estimate of drug-likeness (QED) is 0.460. The fourth-order valence-corrected chi connectivity index (χ4v) is 2.99. The van der Waals surface area contributed by atoms with Crippen LogP contribution in [-0.2, 0) is 0 Å². The summed E-state index contributed by atoms with van der Waals surface area (Å²) in [6.45, 7) is 4.80. The van der Waals surface area contributed by atoms with Crippen LogP contribution in [0.1, 0.15) is 29.8 Å². The van der Waals surface area contributed by atoms with E-state index in [9.17, 15) is 4.79 Å². The second-order valence-electron chi connectivity index (χ2n) is 5.46. The molecular weight excluding hydrogens is 428 g/mol. The third-order valence-corrected chi connectivity index (χ3v) is 4.23. The van der Waals surface area contributed by atoms with Gasteiger partial charge in [-0.15, -0.1) is 0 Å². The summed E-state index contributed by atoms with van der Waals surface area (Å²) < 4.78 is 22.3. The van der Waals surface area contributed by atoms with E-state index in [-0.39, 0.29) is 5.91 Å². The molecule has 0 saturated carbocycles. The number of ether oxygens (including phenoxy) is 4. The third kappa shape index (κ3) is 5.39. The van der Waals surface area contributed by atoms with Gasteiger partial charge in [0, 0.05) is 5.56 Å². The lowest BCUT2D eigenvalue weighted by molar-refractivity contribution is 0.0954. The van der Waals surface area contributed by atoms with E-state index in [0.29, 0.717) is 41.8 Å². The maximum absolute atomic E-state index is 12.3. The molecule has 150 valence electrons. The van der Waals surface area contributed by atoms with Gasteiger partial charge in [0.2, 0.25) is 0 Å². The molecule has 7 nitrogen and oxygen atoms in total. The standard InChI is InChI=1S/C20H23BrN2O5/c1-5-27-16-8-7-14(11-17(16)25-3)20(24)23-22-12-13-9-15(21)19(28-6-2)18(10-13)26-4/h7-12H,5-6H2,1-4H3,(H,23,24)/b22-12+. The fourth-order valence-electron chi connectivity index (χ4n) is 2.41. The Bertz CT molecular complexity index is 855. The molecule has 0 bridgehead atoms. The Morgan fingerprint density at radius 3 is 2.39 bits per heavy atom. The summed E-state index contributed by atoms with van der Waals surface area (Å²) in [6.07, 6.45) is 1.52. The van der Waals surface area contributed by atoms with Gasteiger partial charge in [0.05, 0.1) is 38.1 Å². The largest absolute Gasteiger partial charge is 0.493 e. The first-order valence-electron chi connectivity index (χ1n) is 8.68. The van der Waals surface area contributed by atoms with Gasteiger partial charge in [0.25, 0.3) is 5.91 Å². The number of hydrogen-bond donors (Lipinski definition) is 1. The van der Waals surface area contributed by atoms with Crippen LogP contribution in [0.3, 0.4) is 0 Å². The van der Waals surface area contributed by atoms with Crippen LogP contribution in [0.15, 0.2) is 39.9 Å². The Morgan fingerprint density at radius 2 is 1.75 bits per heavy atom. The zero-order valence-corrected chi connectivity index (χ0v) is 17.8. The molecule has 0 unspecified atom stereocenters. The number of carbonyl (C=O) groups is 1. The van der Waals surface area contributed by atoms with Gasteiger partial charge in [-0.2, -0.15) is 5.10 Å². The number of nitrogens with one attached hydrogen (secondary N) is 1. The molecule has 0 heterocycles. The molecule has 0 aliphatic carbocycles. The minimum absolute atomic E-state index is 0.366. The first kappa shape index (κ1) is 21.6. The number of benzene rings is 2. The predicted octanol–water partition coefficient (Wildman–Crippen LogP) is 4.03. The van der Waals surface area contributed by atoms with Crippen LogP contribution in [0.5, 0.6) is 23.0 Å². The lowest BCUT2D eigenvalue weighted by atomic mass is 10.2. The maximum atomic E-state index is 12.3. The molecule has 0 aromatic heterocycles. The Labute approximate surface area is 172 Å². The summed E-state index contributed by atoms with van der Waals surface area (Å²) in [7, 11) is 3.08. The average molecular weight is 451 g/mol. The van der Waals surface area contributed by atoms with E-state index < -0.39 is 0 Å². The Hall–Kier alpha value is -2.74. The molecule has 0 radical (unpaired) electrons. The van der Waals surface area contributed by atoms with Gasteiger partial charge in [-0.05, 0) is 65.7 Å². The molecule has 28 heavy (non-hydrogen) atoms. The third-order valence-electron chi connectivity index (χ3n) is 3.65. The van der Waals surface area contributed by atoms with Crippen molar-refractivity contribution in [2.24, 2.45) is 5.10 Å². The number of carbonyl (C=O) groups excluding carboxylic acids is 1.